The van der Waals surface area contributed by atoms with Gasteiger partial charge in [0.05, 0.1) is 0 Å². The predicted molar refractivity (Wildman–Crippen MR) is 61.7 cm³/mol. The van der Waals surface area contributed by atoms with Gasteiger partial charge >= 0.3 is 0 Å². The molecule has 0 saturated carbocycles. The van der Waals surface area contributed by atoms with E-state index in [1.165, 1.54) is 11.1 Å². The average Bonchev–Trinajstić information content (AvgIpc) is 2.23. The summed E-state index contributed by atoms with van der Waals surface area (Å²) < 4.78 is 0. The van der Waals surface area contributed by atoms with Crippen LogP contribution in [0.3, 0.4) is 0 Å². The Morgan fingerprint density at radius 3 is 2.86 bits per heavy atom. The normalized spacial score (nSPS) is 16.6. The second-order valence-corrected chi connectivity index (χ2v) is 4.05. The van der Waals surface area contributed by atoms with E-state index >= 15 is 0 Å². The standard InChI is InChI=1S/C12H14ClN/c1-9-2-3-11(8-12(9)13)10-4-6-14-7-5-10/h2-4,8,14H,5-7H2,1H3. The van der Waals surface area contributed by atoms with Gasteiger partial charge < -0.3 is 5.32 Å². The number of benzene rings is 1. The fourth-order valence-corrected chi connectivity index (χ4v) is 1.86. The molecule has 2 rings (SSSR count). The number of hydrogen-bond donors (Lipinski definition) is 1. The first-order chi connectivity index (χ1) is 6.77. The van der Waals surface area contributed by atoms with Crippen LogP contribution in [0.25, 0.3) is 5.57 Å². The summed E-state index contributed by atoms with van der Waals surface area (Å²) >= 11 is 6.09. The number of aryl methyl sites for hydroxylation is 1. The molecule has 1 aliphatic heterocycles. The molecule has 2 heteroatoms. The van der Waals surface area contributed by atoms with E-state index < -0.39 is 0 Å². The van der Waals surface area contributed by atoms with Crippen molar-refractivity contribution in [2.75, 3.05) is 13.1 Å². The molecule has 0 fully saturated rings. The van der Waals surface area contributed by atoms with Crippen molar-refractivity contribution in [1.82, 2.24) is 5.32 Å². The van der Waals surface area contributed by atoms with Gasteiger partial charge in [0, 0.05) is 11.6 Å². The van der Waals surface area contributed by atoms with Gasteiger partial charge in [-0.2, -0.15) is 0 Å². The molecular formula is C12H14ClN. The molecule has 0 atom stereocenters. The summed E-state index contributed by atoms with van der Waals surface area (Å²) in [5.41, 5.74) is 3.82. The predicted octanol–water partition coefficient (Wildman–Crippen LogP) is 3.03. The highest BCUT2D eigenvalue weighted by Gasteiger charge is 2.06. The van der Waals surface area contributed by atoms with Crippen LogP contribution in [-0.4, -0.2) is 13.1 Å². The zero-order chi connectivity index (χ0) is 9.97. The van der Waals surface area contributed by atoms with Gasteiger partial charge in [-0.05, 0) is 42.7 Å². The summed E-state index contributed by atoms with van der Waals surface area (Å²) in [6.07, 6.45) is 3.34. The summed E-state index contributed by atoms with van der Waals surface area (Å²) in [4.78, 5) is 0. The van der Waals surface area contributed by atoms with Gasteiger partial charge in [0.1, 0.15) is 0 Å². The lowest BCUT2D eigenvalue weighted by Gasteiger charge is -2.14. The zero-order valence-electron chi connectivity index (χ0n) is 8.31. The Balaban J connectivity index is 2.32. The Hall–Kier alpha value is -0.790. The summed E-state index contributed by atoms with van der Waals surface area (Å²) in [5.74, 6) is 0. The fourth-order valence-electron chi connectivity index (χ4n) is 1.68. The molecule has 74 valence electrons. The third-order valence-electron chi connectivity index (χ3n) is 2.61. The topological polar surface area (TPSA) is 12.0 Å². The molecule has 1 heterocycles. The maximum Gasteiger partial charge on any atom is 0.0441 e. The maximum absolute atomic E-state index is 6.09. The smallest absolute Gasteiger partial charge is 0.0441 e. The molecule has 0 aliphatic carbocycles. The van der Waals surface area contributed by atoms with Gasteiger partial charge in [-0.25, -0.2) is 0 Å². The van der Waals surface area contributed by atoms with Gasteiger partial charge in [0.25, 0.3) is 0 Å². The molecule has 1 aliphatic rings. The van der Waals surface area contributed by atoms with E-state index in [1.807, 2.05) is 6.92 Å². The molecule has 1 nitrogen and oxygen atoms in total. The van der Waals surface area contributed by atoms with E-state index in [1.54, 1.807) is 0 Å². The van der Waals surface area contributed by atoms with Crippen molar-refractivity contribution in [2.24, 2.45) is 0 Å². The van der Waals surface area contributed by atoms with Crippen molar-refractivity contribution in [1.29, 1.82) is 0 Å². The van der Waals surface area contributed by atoms with Crippen LogP contribution in [0.5, 0.6) is 0 Å². The monoisotopic (exact) mass is 207 g/mol. The van der Waals surface area contributed by atoms with Gasteiger partial charge in [-0.15, -0.1) is 0 Å². The highest BCUT2D eigenvalue weighted by Crippen LogP contribution is 2.24. The van der Waals surface area contributed by atoms with E-state index in [4.69, 9.17) is 11.6 Å². The molecule has 0 radical (unpaired) electrons. The minimum Gasteiger partial charge on any atom is -0.313 e. The lowest BCUT2D eigenvalue weighted by molar-refractivity contribution is 0.738. The van der Waals surface area contributed by atoms with Crippen LogP contribution < -0.4 is 5.32 Å². The first-order valence-electron chi connectivity index (χ1n) is 4.93. The number of halogens is 1. The van der Waals surface area contributed by atoms with Gasteiger partial charge in [0.15, 0.2) is 0 Å². The first kappa shape index (κ1) is 9.75. The van der Waals surface area contributed by atoms with E-state index in [0.717, 1.165) is 30.1 Å². The summed E-state index contributed by atoms with van der Waals surface area (Å²) in [6.45, 7) is 4.07. The molecule has 0 amide bonds. The van der Waals surface area contributed by atoms with Crippen LogP contribution in [0.1, 0.15) is 17.5 Å². The van der Waals surface area contributed by atoms with Crippen molar-refractivity contribution >= 4 is 17.2 Å². The molecule has 0 aromatic heterocycles. The second-order valence-electron chi connectivity index (χ2n) is 3.65. The van der Waals surface area contributed by atoms with Crippen molar-refractivity contribution < 1.29 is 0 Å². The van der Waals surface area contributed by atoms with Crippen LogP contribution in [0.2, 0.25) is 5.02 Å². The van der Waals surface area contributed by atoms with Crippen LogP contribution in [0, 0.1) is 6.92 Å². The average molecular weight is 208 g/mol. The lowest BCUT2D eigenvalue weighted by Crippen LogP contribution is -2.19. The Morgan fingerprint density at radius 2 is 2.21 bits per heavy atom. The molecule has 0 bridgehead atoms. The Kier molecular flexibility index (Phi) is 2.90. The maximum atomic E-state index is 6.09. The molecule has 0 unspecified atom stereocenters. The highest BCUT2D eigenvalue weighted by atomic mass is 35.5. The third-order valence-corrected chi connectivity index (χ3v) is 3.01. The molecule has 0 saturated heterocycles. The highest BCUT2D eigenvalue weighted by molar-refractivity contribution is 6.31. The fraction of sp³-hybridized carbons (Fsp3) is 0.333. The number of hydrogen-bond acceptors (Lipinski definition) is 1. The third kappa shape index (κ3) is 1.99. The van der Waals surface area contributed by atoms with E-state index in [-0.39, 0.29) is 0 Å². The first-order valence-corrected chi connectivity index (χ1v) is 5.31. The molecular weight excluding hydrogens is 194 g/mol. The van der Waals surface area contributed by atoms with Gasteiger partial charge in [-0.3, -0.25) is 0 Å². The molecule has 1 aromatic carbocycles. The largest absolute Gasteiger partial charge is 0.313 e. The molecule has 1 N–H and O–H groups in total. The Bertz CT molecular complexity index is 369. The Labute approximate surface area is 89.8 Å². The minimum atomic E-state index is 0.863. The summed E-state index contributed by atoms with van der Waals surface area (Å²) in [5, 5.41) is 4.16. The van der Waals surface area contributed by atoms with E-state index in [2.05, 4.69) is 29.6 Å². The SMILES string of the molecule is Cc1ccc(C2=CCNCC2)cc1Cl. The van der Waals surface area contributed by atoms with Crippen molar-refractivity contribution in [3.63, 3.8) is 0 Å². The van der Waals surface area contributed by atoms with Gasteiger partial charge in [0.2, 0.25) is 0 Å². The summed E-state index contributed by atoms with van der Waals surface area (Å²) in [6, 6.07) is 6.30. The van der Waals surface area contributed by atoms with Crippen LogP contribution >= 0.6 is 11.6 Å². The van der Waals surface area contributed by atoms with Crippen molar-refractivity contribution in [3.8, 4) is 0 Å². The van der Waals surface area contributed by atoms with E-state index in [9.17, 15) is 0 Å². The van der Waals surface area contributed by atoms with Crippen molar-refractivity contribution in [3.05, 3.63) is 40.4 Å². The quantitative estimate of drug-likeness (QED) is 0.747. The van der Waals surface area contributed by atoms with Crippen LogP contribution in [-0.2, 0) is 0 Å². The molecule has 0 spiro atoms. The van der Waals surface area contributed by atoms with Gasteiger partial charge in [-0.1, -0.05) is 29.8 Å². The zero-order valence-corrected chi connectivity index (χ0v) is 9.06. The number of rotatable bonds is 1. The molecule has 14 heavy (non-hydrogen) atoms. The van der Waals surface area contributed by atoms with Crippen LogP contribution in [0.4, 0.5) is 0 Å². The van der Waals surface area contributed by atoms with E-state index in [0.29, 0.717) is 0 Å². The van der Waals surface area contributed by atoms with Crippen molar-refractivity contribution in [2.45, 2.75) is 13.3 Å². The minimum absolute atomic E-state index is 0.863. The lowest BCUT2D eigenvalue weighted by atomic mass is 9.99. The molecule has 1 aromatic rings. The second kappa shape index (κ2) is 4.16. The summed E-state index contributed by atoms with van der Waals surface area (Å²) in [7, 11) is 0. The Morgan fingerprint density at radius 1 is 1.36 bits per heavy atom. The number of nitrogens with one attached hydrogen (secondary N) is 1. The van der Waals surface area contributed by atoms with Crippen LogP contribution in [0.15, 0.2) is 24.3 Å².